The Morgan fingerprint density at radius 2 is 1.96 bits per heavy atom. The smallest absolute Gasteiger partial charge is 0.335 e. The number of aromatic nitrogens is 3. The second-order valence-electron chi connectivity index (χ2n) is 5.71. The summed E-state index contributed by atoms with van der Waals surface area (Å²) in [6.45, 7) is 4.90. The van der Waals surface area contributed by atoms with Crippen LogP contribution in [-0.4, -0.2) is 25.8 Å². The molecule has 0 amide bonds. The fourth-order valence-electron chi connectivity index (χ4n) is 2.62. The highest BCUT2D eigenvalue weighted by Gasteiger charge is 2.13. The zero-order chi connectivity index (χ0) is 17.8. The first-order chi connectivity index (χ1) is 12.1. The van der Waals surface area contributed by atoms with E-state index >= 15 is 0 Å². The summed E-state index contributed by atoms with van der Waals surface area (Å²) in [5, 5.41) is 18.6. The second-order valence-corrected chi connectivity index (χ2v) is 6.66. The Kier molecular flexibility index (Phi) is 5.19. The molecule has 5 nitrogen and oxygen atoms in total. The molecule has 0 saturated carbocycles. The molecule has 3 rings (SSSR count). The summed E-state index contributed by atoms with van der Waals surface area (Å²) in [5.41, 5.74) is 3.49. The number of benzene rings is 2. The lowest BCUT2D eigenvalue weighted by atomic mass is 10.1. The van der Waals surface area contributed by atoms with Crippen LogP contribution in [0.15, 0.2) is 53.7 Å². The molecule has 25 heavy (non-hydrogen) atoms. The summed E-state index contributed by atoms with van der Waals surface area (Å²) in [5.74, 6) is 0.589. The summed E-state index contributed by atoms with van der Waals surface area (Å²) < 4.78 is 2.08. The molecule has 6 heteroatoms. The van der Waals surface area contributed by atoms with Crippen LogP contribution in [0, 0.1) is 6.92 Å². The lowest BCUT2D eigenvalue weighted by Gasteiger charge is -2.08. The number of rotatable bonds is 6. The highest BCUT2D eigenvalue weighted by molar-refractivity contribution is 7.98. The molecule has 1 aromatic heterocycles. The molecule has 0 aliphatic rings. The Hall–Kier alpha value is -2.60. The van der Waals surface area contributed by atoms with Crippen molar-refractivity contribution in [2.45, 2.75) is 31.3 Å². The molecule has 0 aliphatic carbocycles. The number of carboxylic acids is 1. The predicted molar refractivity (Wildman–Crippen MR) is 98.8 cm³/mol. The van der Waals surface area contributed by atoms with Crippen LogP contribution < -0.4 is 0 Å². The molecule has 1 heterocycles. The van der Waals surface area contributed by atoms with E-state index in [1.165, 1.54) is 5.56 Å². The Balaban J connectivity index is 1.82. The van der Waals surface area contributed by atoms with Crippen LogP contribution in [0.4, 0.5) is 0 Å². The van der Waals surface area contributed by atoms with Gasteiger partial charge in [0.1, 0.15) is 0 Å². The Labute approximate surface area is 150 Å². The van der Waals surface area contributed by atoms with E-state index in [4.69, 9.17) is 5.11 Å². The van der Waals surface area contributed by atoms with Gasteiger partial charge in [-0.05, 0) is 37.6 Å². The average Bonchev–Trinajstić information content (AvgIpc) is 3.03. The van der Waals surface area contributed by atoms with E-state index in [2.05, 4.69) is 40.7 Å². The van der Waals surface area contributed by atoms with Gasteiger partial charge in [-0.2, -0.15) is 0 Å². The van der Waals surface area contributed by atoms with E-state index in [1.807, 2.05) is 18.2 Å². The van der Waals surface area contributed by atoms with Gasteiger partial charge in [0.2, 0.25) is 0 Å². The molecule has 0 atom stereocenters. The Morgan fingerprint density at radius 1 is 1.16 bits per heavy atom. The van der Waals surface area contributed by atoms with Crippen molar-refractivity contribution in [3.8, 4) is 11.4 Å². The SMILES string of the molecule is CCn1c(SCc2cccc(C(=O)O)c2)nnc1-c1cccc(C)c1. The lowest BCUT2D eigenvalue weighted by molar-refractivity contribution is 0.0697. The summed E-state index contributed by atoms with van der Waals surface area (Å²) in [6.07, 6.45) is 0. The normalized spacial score (nSPS) is 10.8. The molecule has 3 aromatic rings. The van der Waals surface area contributed by atoms with E-state index in [1.54, 1.807) is 30.0 Å². The van der Waals surface area contributed by atoms with Crippen molar-refractivity contribution in [2.75, 3.05) is 0 Å². The molecule has 0 bridgehead atoms. The number of aryl methyl sites for hydroxylation is 1. The molecule has 0 aliphatic heterocycles. The van der Waals surface area contributed by atoms with Gasteiger partial charge in [0.25, 0.3) is 0 Å². The van der Waals surface area contributed by atoms with E-state index in [-0.39, 0.29) is 0 Å². The van der Waals surface area contributed by atoms with Gasteiger partial charge in [-0.25, -0.2) is 4.79 Å². The highest BCUT2D eigenvalue weighted by atomic mass is 32.2. The van der Waals surface area contributed by atoms with Gasteiger partial charge in [0.05, 0.1) is 5.56 Å². The Bertz CT molecular complexity index is 905. The minimum absolute atomic E-state index is 0.301. The van der Waals surface area contributed by atoms with Crippen LogP contribution in [0.25, 0.3) is 11.4 Å². The molecule has 0 spiro atoms. The van der Waals surface area contributed by atoms with Gasteiger partial charge >= 0.3 is 5.97 Å². The molecule has 0 unspecified atom stereocenters. The van der Waals surface area contributed by atoms with Crippen molar-refractivity contribution in [1.82, 2.24) is 14.8 Å². The third kappa shape index (κ3) is 3.91. The van der Waals surface area contributed by atoms with Crippen molar-refractivity contribution in [2.24, 2.45) is 0 Å². The van der Waals surface area contributed by atoms with E-state index in [0.717, 1.165) is 28.7 Å². The third-order valence-corrected chi connectivity index (χ3v) is 4.89. The minimum Gasteiger partial charge on any atom is -0.478 e. The largest absolute Gasteiger partial charge is 0.478 e. The van der Waals surface area contributed by atoms with Gasteiger partial charge in [-0.1, -0.05) is 47.7 Å². The highest BCUT2D eigenvalue weighted by Crippen LogP contribution is 2.27. The molecule has 0 radical (unpaired) electrons. The second kappa shape index (κ2) is 7.53. The van der Waals surface area contributed by atoms with E-state index < -0.39 is 5.97 Å². The van der Waals surface area contributed by atoms with Crippen LogP contribution in [0.3, 0.4) is 0 Å². The standard InChI is InChI=1S/C19H19N3O2S/c1-3-22-17(15-8-4-6-13(2)10-15)20-21-19(22)25-12-14-7-5-9-16(11-14)18(23)24/h4-11H,3,12H2,1-2H3,(H,23,24). The zero-order valence-corrected chi connectivity index (χ0v) is 15.0. The van der Waals surface area contributed by atoms with Crippen molar-refractivity contribution in [3.63, 3.8) is 0 Å². The fourth-order valence-corrected chi connectivity index (χ4v) is 3.57. The van der Waals surface area contributed by atoms with Gasteiger partial charge < -0.3 is 9.67 Å². The minimum atomic E-state index is -0.912. The first-order valence-electron chi connectivity index (χ1n) is 8.03. The topological polar surface area (TPSA) is 68.0 Å². The van der Waals surface area contributed by atoms with Gasteiger partial charge in [0, 0.05) is 17.9 Å². The van der Waals surface area contributed by atoms with Crippen LogP contribution in [0.1, 0.15) is 28.4 Å². The van der Waals surface area contributed by atoms with Crippen molar-refractivity contribution in [1.29, 1.82) is 0 Å². The molecule has 2 aromatic carbocycles. The van der Waals surface area contributed by atoms with Crippen molar-refractivity contribution in [3.05, 3.63) is 65.2 Å². The van der Waals surface area contributed by atoms with Crippen LogP contribution in [-0.2, 0) is 12.3 Å². The summed E-state index contributed by atoms with van der Waals surface area (Å²) >= 11 is 1.56. The van der Waals surface area contributed by atoms with Crippen LogP contribution >= 0.6 is 11.8 Å². The molecular weight excluding hydrogens is 334 g/mol. The lowest BCUT2D eigenvalue weighted by Crippen LogP contribution is -2.00. The molecular formula is C19H19N3O2S. The van der Waals surface area contributed by atoms with Crippen molar-refractivity contribution >= 4 is 17.7 Å². The molecule has 0 saturated heterocycles. The van der Waals surface area contributed by atoms with E-state index in [0.29, 0.717) is 11.3 Å². The number of hydrogen-bond donors (Lipinski definition) is 1. The maximum atomic E-state index is 11.1. The number of aromatic carboxylic acids is 1. The van der Waals surface area contributed by atoms with Gasteiger partial charge in [0.15, 0.2) is 11.0 Å². The monoisotopic (exact) mass is 353 g/mol. The molecule has 1 N–H and O–H groups in total. The molecule has 128 valence electrons. The maximum Gasteiger partial charge on any atom is 0.335 e. The van der Waals surface area contributed by atoms with E-state index in [9.17, 15) is 4.79 Å². The predicted octanol–water partition coefficient (Wildman–Crippen LogP) is 4.26. The quantitative estimate of drug-likeness (QED) is 0.671. The van der Waals surface area contributed by atoms with Crippen LogP contribution in [0.2, 0.25) is 0 Å². The number of hydrogen-bond acceptors (Lipinski definition) is 4. The zero-order valence-electron chi connectivity index (χ0n) is 14.1. The number of nitrogens with zero attached hydrogens (tertiary/aromatic N) is 3. The van der Waals surface area contributed by atoms with Crippen LogP contribution in [0.5, 0.6) is 0 Å². The first kappa shape index (κ1) is 17.2. The number of carboxylic acid groups (broad SMARTS) is 1. The maximum absolute atomic E-state index is 11.1. The third-order valence-electron chi connectivity index (χ3n) is 3.85. The summed E-state index contributed by atoms with van der Waals surface area (Å²) in [6, 6.07) is 15.2. The first-order valence-corrected chi connectivity index (χ1v) is 9.02. The van der Waals surface area contributed by atoms with Gasteiger partial charge in [-0.3, -0.25) is 0 Å². The van der Waals surface area contributed by atoms with Gasteiger partial charge in [-0.15, -0.1) is 10.2 Å². The molecule has 0 fully saturated rings. The van der Waals surface area contributed by atoms with Crippen molar-refractivity contribution < 1.29 is 9.90 Å². The number of carbonyl (C=O) groups is 1. The number of thioether (sulfide) groups is 1. The summed E-state index contributed by atoms with van der Waals surface area (Å²) in [7, 11) is 0. The Morgan fingerprint density at radius 3 is 2.68 bits per heavy atom. The summed E-state index contributed by atoms with van der Waals surface area (Å²) in [4.78, 5) is 11.1. The fraction of sp³-hybridized carbons (Fsp3) is 0.211. The average molecular weight is 353 g/mol.